The Hall–Kier alpha value is -2.13. The molecule has 1 aliphatic heterocycles. The van der Waals surface area contributed by atoms with Crippen LogP contribution in [0.5, 0.6) is 0 Å². The molecule has 0 radical (unpaired) electrons. The van der Waals surface area contributed by atoms with E-state index >= 15 is 0 Å². The molecule has 0 spiro atoms. The number of hydrogen-bond donors (Lipinski definition) is 0. The van der Waals surface area contributed by atoms with Crippen molar-refractivity contribution in [2.24, 2.45) is 14.1 Å². The second-order valence-corrected chi connectivity index (χ2v) is 9.02. The van der Waals surface area contributed by atoms with Gasteiger partial charge >= 0.3 is 5.69 Å². The number of ether oxygens (including phenoxy) is 1. The monoisotopic (exact) mass is 465 g/mol. The molecular formula is C21H25Cl2N5O3. The van der Waals surface area contributed by atoms with Gasteiger partial charge < -0.3 is 9.30 Å². The number of aryl methyl sites for hydroxylation is 1. The molecule has 4 rings (SSSR count). The fraction of sp³-hybridized carbons (Fsp3) is 0.476. The average Bonchev–Trinajstić information content (AvgIpc) is 3.04. The van der Waals surface area contributed by atoms with Gasteiger partial charge in [0.1, 0.15) is 5.82 Å². The fourth-order valence-electron chi connectivity index (χ4n) is 4.22. The Morgan fingerprint density at radius 3 is 2.39 bits per heavy atom. The number of halogens is 2. The van der Waals surface area contributed by atoms with Gasteiger partial charge in [-0.05, 0) is 31.5 Å². The number of imidazole rings is 1. The van der Waals surface area contributed by atoms with Crippen LogP contribution >= 0.6 is 23.2 Å². The Kier molecular flexibility index (Phi) is 6.00. The Morgan fingerprint density at radius 1 is 1.06 bits per heavy atom. The van der Waals surface area contributed by atoms with E-state index in [2.05, 4.69) is 4.90 Å². The predicted octanol–water partition coefficient (Wildman–Crippen LogP) is 2.40. The minimum atomic E-state index is -0.410. The van der Waals surface area contributed by atoms with Crippen LogP contribution in [-0.4, -0.2) is 48.9 Å². The maximum absolute atomic E-state index is 13.1. The molecule has 3 heterocycles. The van der Waals surface area contributed by atoms with Crippen molar-refractivity contribution in [1.29, 1.82) is 0 Å². The Bertz CT molecular complexity index is 1250. The van der Waals surface area contributed by atoms with Crippen LogP contribution in [0.1, 0.15) is 25.2 Å². The van der Waals surface area contributed by atoms with Gasteiger partial charge in [0.2, 0.25) is 0 Å². The van der Waals surface area contributed by atoms with Crippen molar-refractivity contribution >= 4 is 34.4 Å². The van der Waals surface area contributed by atoms with Crippen molar-refractivity contribution < 1.29 is 4.74 Å². The normalized spacial score (nSPS) is 19.9. The highest BCUT2D eigenvalue weighted by Crippen LogP contribution is 2.24. The molecule has 8 nitrogen and oxygen atoms in total. The molecule has 1 saturated heterocycles. The Labute approximate surface area is 189 Å². The van der Waals surface area contributed by atoms with E-state index in [1.54, 1.807) is 19.2 Å². The van der Waals surface area contributed by atoms with Gasteiger partial charge in [0.25, 0.3) is 5.56 Å². The van der Waals surface area contributed by atoms with E-state index in [0.29, 0.717) is 40.1 Å². The van der Waals surface area contributed by atoms with Crippen molar-refractivity contribution in [1.82, 2.24) is 23.6 Å². The van der Waals surface area contributed by atoms with Gasteiger partial charge in [-0.1, -0.05) is 29.3 Å². The SMILES string of the molecule is C[C@@H]1CN(Cc2nc3c(c(=O)n(C)c(=O)n3C)n2Cc2ccc(Cl)cc2Cl)C[C@@H](C)O1. The topological polar surface area (TPSA) is 74.3 Å². The lowest BCUT2D eigenvalue weighted by Gasteiger charge is -2.35. The van der Waals surface area contributed by atoms with E-state index in [1.807, 2.05) is 24.5 Å². The summed E-state index contributed by atoms with van der Waals surface area (Å²) in [6.45, 7) is 6.45. The molecule has 2 atom stereocenters. The molecule has 1 aliphatic rings. The summed E-state index contributed by atoms with van der Waals surface area (Å²) in [5.74, 6) is 0.695. The summed E-state index contributed by atoms with van der Waals surface area (Å²) in [4.78, 5) is 32.5. The second kappa shape index (κ2) is 8.43. The standard InChI is InChI=1S/C21H25Cl2N5O3/c1-12-8-27(9-13(2)31-12)11-17-24-19-18(20(29)26(4)21(30)25(19)3)28(17)10-14-5-6-15(22)7-16(14)23/h5-7,12-13H,8-11H2,1-4H3/t12-,13-/m1/s1. The summed E-state index contributed by atoms with van der Waals surface area (Å²) in [6.07, 6.45) is 0.203. The molecule has 0 unspecified atom stereocenters. The lowest BCUT2D eigenvalue weighted by molar-refractivity contribution is -0.0712. The maximum atomic E-state index is 13.1. The van der Waals surface area contributed by atoms with Gasteiger partial charge in [0.15, 0.2) is 11.2 Å². The first kappa shape index (κ1) is 22.1. The molecule has 0 bridgehead atoms. The number of benzene rings is 1. The van der Waals surface area contributed by atoms with Gasteiger partial charge in [-0.2, -0.15) is 0 Å². The van der Waals surface area contributed by atoms with E-state index in [9.17, 15) is 9.59 Å². The molecule has 10 heteroatoms. The number of rotatable bonds is 4. The van der Waals surface area contributed by atoms with Gasteiger partial charge in [-0.15, -0.1) is 0 Å². The zero-order valence-electron chi connectivity index (χ0n) is 17.9. The molecule has 0 N–H and O–H groups in total. The van der Waals surface area contributed by atoms with Crippen molar-refractivity contribution in [3.8, 4) is 0 Å². The maximum Gasteiger partial charge on any atom is 0.332 e. The van der Waals surface area contributed by atoms with Crippen LogP contribution in [0.25, 0.3) is 11.2 Å². The molecule has 0 amide bonds. The zero-order chi connectivity index (χ0) is 22.4. The number of nitrogens with zero attached hydrogens (tertiary/aromatic N) is 5. The van der Waals surface area contributed by atoms with Crippen molar-refractivity contribution in [3.63, 3.8) is 0 Å². The quantitative estimate of drug-likeness (QED) is 0.591. The molecule has 31 heavy (non-hydrogen) atoms. The summed E-state index contributed by atoms with van der Waals surface area (Å²) in [5.41, 5.74) is 0.756. The zero-order valence-corrected chi connectivity index (χ0v) is 19.4. The highest BCUT2D eigenvalue weighted by molar-refractivity contribution is 6.35. The first-order chi connectivity index (χ1) is 14.7. The van der Waals surface area contributed by atoms with Crippen molar-refractivity contribution in [3.05, 3.63) is 60.5 Å². The third-order valence-corrected chi connectivity index (χ3v) is 6.22. The van der Waals surface area contributed by atoms with E-state index in [0.717, 1.165) is 23.2 Å². The second-order valence-electron chi connectivity index (χ2n) is 8.18. The van der Waals surface area contributed by atoms with E-state index in [-0.39, 0.29) is 17.8 Å². The summed E-state index contributed by atoms with van der Waals surface area (Å²) < 4.78 is 10.2. The van der Waals surface area contributed by atoms with E-state index in [1.165, 1.54) is 11.6 Å². The molecule has 2 aromatic heterocycles. The molecule has 3 aromatic rings. The minimum Gasteiger partial charge on any atom is -0.373 e. The average molecular weight is 466 g/mol. The number of fused-ring (bicyclic) bond motifs is 1. The van der Waals surface area contributed by atoms with Gasteiger partial charge in [-0.25, -0.2) is 9.78 Å². The van der Waals surface area contributed by atoms with Crippen LogP contribution in [0.2, 0.25) is 10.0 Å². The van der Waals surface area contributed by atoms with Crippen LogP contribution in [0, 0.1) is 0 Å². The van der Waals surface area contributed by atoms with E-state index < -0.39 is 5.69 Å². The third-order valence-electron chi connectivity index (χ3n) is 5.63. The first-order valence-electron chi connectivity index (χ1n) is 10.1. The van der Waals surface area contributed by atoms with Crippen LogP contribution < -0.4 is 11.2 Å². The summed E-state index contributed by atoms with van der Waals surface area (Å²) in [5, 5.41) is 1.05. The number of hydrogen-bond acceptors (Lipinski definition) is 5. The molecule has 0 saturated carbocycles. The predicted molar refractivity (Wildman–Crippen MR) is 121 cm³/mol. The molecule has 1 aromatic carbocycles. The van der Waals surface area contributed by atoms with Gasteiger partial charge in [0, 0.05) is 37.2 Å². The third kappa shape index (κ3) is 4.17. The smallest absolute Gasteiger partial charge is 0.332 e. The van der Waals surface area contributed by atoms with Crippen molar-refractivity contribution in [2.45, 2.75) is 39.1 Å². The summed E-state index contributed by atoms with van der Waals surface area (Å²) in [7, 11) is 3.10. The van der Waals surface area contributed by atoms with Gasteiger partial charge in [-0.3, -0.25) is 18.8 Å². The highest BCUT2D eigenvalue weighted by atomic mass is 35.5. The largest absolute Gasteiger partial charge is 0.373 e. The van der Waals surface area contributed by atoms with Crippen molar-refractivity contribution in [2.75, 3.05) is 13.1 Å². The lowest BCUT2D eigenvalue weighted by atomic mass is 10.2. The molecule has 0 aliphatic carbocycles. The summed E-state index contributed by atoms with van der Waals surface area (Å²) >= 11 is 12.5. The highest BCUT2D eigenvalue weighted by Gasteiger charge is 2.26. The number of aromatic nitrogens is 4. The Balaban J connectivity index is 1.87. The lowest BCUT2D eigenvalue weighted by Crippen LogP contribution is -2.45. The molecule has 166 valence electrons. The van der Waals surface area contributed by atoms with Crippen LogP contribution in [0.15, 0.2) is 27.8 Å². The van der Waals surface area contributed by atoms with Crippen LogP contribution in [0.3, 0.4) is 0 Å². The minimum absolute atomic E-state index is 0.101. The molecule has 1 fully saturated rings. The van der Waals surface area contributed by atoms with Crippen LogP contribution in [0.4, 0.5) is 0 Å². The summed E-state index contributed by atoms with van der Waals surface area (Å²) in [6, 6.07) is 5.28. The first-order valence-corrected chi connectivity index (χ1v) is 10.9. The van der Waals surface area contributed by atoms with E-state index in [4.69, 9.17) is 32.9 Å². The Morgan fingerprint density at radius 2 is 1.74 bits per heavy atom. The van der Waals surface area contributed by atoms with Gasteiger partial charge in [0.05, 0.1) is 25.3 Å². The number of morpholine rings is 1. The molecular weight excluding hydrogens is 441 g/mol. The fourth-order valence-corrected chi connectivity index (χ4v) is 4.68. The van der Waals surface area contributed by atoms with Crippen LogP contribution in [-0.2, 0) is 31.9 Å².